The third-order valence-electron chi connectivity index (χ3n) is 15.9. The lowest BCUT2D eigenvalue weighted by Gasteiger charge is -2.28. The number of primary amides is 1. The van der Waals surface area contributed by atoms with E-state index in [1.54, 1.807) is 44.2 Å². The number of thioether (sulfide) groups is 1. The van der Waals surface area contributed by atoms with Gasteiger partial charge in [0.05, 0.1) is 41.2 Å². The Bertz CT molecular complexity index is 2850. The van der Waals surface area contributed by atoms with Crippen molar-refractivity contribution in [3.8, 4) is 0 Å². The number of nitrogens with one attached hydrogen (secondary N) is 12. The van der Waals surface area contributed by atoms with Crippen LogP contribution in [0, 0.1) is 5.92 Å². The summed E-state index contributed by atoms with van der Waals surface area (Å²) in [5, 5.41) is 67.9. The van der Waals surface area contributed by atoms with Gasteiger partial charge in [-0.2, -0.15) is 0 Å². The summed E-state index contributed by atoms with van der Waals surface area (Å²) in [4.78, 5) is 167. The van der Waals surface area contributed by atoms with E-state index in [0.29, 0.717) is 49.5 Å². The second kappa shape index (κ2) is 43.3. The van der Waals surface area contributed by atoms with Crippen LogP contribution in [0.15, 0.2) is 45.6 Å². The summed E-state index contributed by atoms with van der Waals surface area (Å²) < 4.78 is 0. The van der Waals surface area contributed by atoms with Crippen molar-refractivity contribution in [3.05, 3.63) is 35.9 Å². The average molecular weight is 1410 g/mol. The number of hydrogen-bond donors (Lipinski definition) is 18. The Morgan fingerprint density at radius 3 is 1.66 bits per heavy atom. The Labute approximate surface area is 570 Å². The molecule has 33 nitrogen and oxygen atoms in total. The third-order valence-corrected chi connectivity index (χ3v) is 19.3. The highest BCUT2D eigenvalue weighted by Gasteiger charge is 2.35. The first-order valence-corrected chi connectivity index (χ1v) is 35.3. The Morgan fingerprint density at radius 2 is 1.10 bits per heavy atom. The van der Waals surface area contributed by atoms with Gasteiger partial charge in [0.1, 0.15) is 42.3 Å². The molecule has 2 fully saturated rings. The lowest BCUT2D eigenvalue weighted by Crippen LogP contribution is -2.59. The number of unbranched alkanes of at least 4 members (excludes halogenated alkanes) is 1. The van der Waals surface area contributed by atoms with E-state index in [1.807, 2.05) is 27.7 Å². The van der Waals surface area contributed by atoms with E-state index in [0.717, 1.165) is 46.2 Å². The standard InChI is InChI=1S/C60H98N18O15S3/c1-35(77-92)59(3,4)68-26-21-37(22-27-69-60(5,6)36(2)78-93)20-25-65-47(80)19-12-18-46(79)64-23-11-10-16-40-53(87)75-44-32-95-96-33-45(57(91)73-41(28-38-14-8-7-9-15-38)54(88)74-43(51(61)85)31-94-34-49(82)70-40)76-55(89)42(29-50(83)84)71-48(81)30-67-52(86)39(72-56(44)90)17-13-24-66-58(62)63/h7-9,14-15,37,39-45,68-69,92-93H,10-13,16-34H2,1-6H3,(H2,61,85)(H,64,79)(H,65,80)(H,67,86)(H,70,82)(H,71,81)(H,72,90)(H,73,91)(H,74,88)(H,75,87)(H,76,89)(H,83,84)(H4,62,63,66)/b77-35-,78-36-/t39-,40-,41-,42-,43-,44?,45-/m0/s1. The number of amides is 11. The minimum atomic E-state index is -1.81. The molecular formula is C60H98N18O15S3. The van der Waals surface area contributed by atoms with Gasteiger partial charge in [-0.25, -0.2) is 0 Å². The van der Waals surface area contributed by atoms with Crippen LogP contribution in [0.2, 0.25) is 0 Å². The summed E-state index contributed by atoms with van der Waals surface area (Å²) in [6.07, 6.45) is 1.86. The lowest BCUT2D eigenvalue weighted by atomic mass is 9.94. The molecule has 1 aromatic rings. The van der Waals surface area contributed by atoms with Gasteiger partial charge in [-0.15, -0.1) is 11.8 Å². The van der Waals surface area contributed by atoms with Gasteiger partial charge in [0.2, 0.25) is 65.0 Å². The first kappa shape index (κ1) is 82.3. The highest BCUT2D eigenvalue weighted by Crippen LogP contribution is 2.24. The Kier molecular flexibility index (Phi) is 37.1. The third kappa shape index (κ3) is 32.2. The summed E-state index contributed by atoms with van der Waals surface area (Å²) in [6.45, 7) is 12.0. The van der Waals surface area contributed by atoms with E-state index in [1.165, 1.54) is 0 Å². The summed E-state index contributed by atoms with van der Waals surface area (Å²) >= 11 is 0.872. The van der Waals surface area contributed by atoms with Crippen molar-refractivity contribution in [1.29, 1.82) is 0 Å². The van der Waals surface area contributed by atoms with E-state index in [4.69, 9.17) is 17.2 Å². The molecule has 0 aliphatic carbocycles. The van der Waals surface area contributed by atoms with E-state index in [9.17, 15) is 73.1 Å². The molecule has 2 saturated heterocycles. The largest absolute Gasteiger partial charge is 0.481 e. The van der Waals surface area contributed by atoms with Gasteiger partial charge in [-0.05, 0) is 124 Å². The van der Waals surface area contributed by atoms with Crippen molar-refractivity contribution in [3.63, 3.8) is 0 Å². The normalized spacial score (nSPS) is 21.7. The monoisotopic (exact) mass is 1410 g/mol. The molecule has 0 aromatic heterocycles. The minimum absolute atomic E-state index is 0.00816. The van der Waals surface area contributed by atoms with Gasteiger partial charge in [0.15, 0.2) is 5.96 Å². The summed E-state index contributed by atoms with van der Waals surface area (Å²) in [5.41, 5.74) is 17.3. The molecule has 1 unspecified atom stereocenters. The summed E-state index contributed by atoms with van der Waals surface area (Å²) in [7, 11) is 1.83. The predicted octanol–water partition coefficient (Wildman–Crippen LogP) is -2.31. The first-order valence-electron chi connectivity index (χ1n) is 31.7. The molecule has 2 bridgehead atoms. The minimum Gasteiger partial charge on any atom is -0.481 e. The zero-order valence-corrected chi connectivity index (χ0v) is 57.8. The highest BCUT2D eigenvalue weighted by molar-refractivity contribution is 8.76. The number of aliphatic imine (C=N–C) groups is 1. The van der Waals surface area contributed by atoms with Crippen molar-refractivity contribution < 1.29 is 73.1 Å². The SMILES string of the molecule is C/C(=N/O)C(C)(C)NCCC(CCNC(=O)CCCC(=O)NCCCC[C@@H]1NC(=O)CSC[C@@H](C(N)=O)NC(=O)[C@H](Cc2ccccc2)NC(=O)[C@@H]2CSSCC(NC1=O)C(=O)N[C@@H](CCCN=C(N)N)C(=O)NCC(=O)N[C@@H](CC(=O)O)C(=O)N2)CCNC(C)(C)/C(C)=N\O. The molecule has 3 rings (SSSR count). The number of carboxylic acids is 1. The average Bonchev–Trinajstić information content (AvgIpc) is 1.20. The highest BCUT2D eigenvalue weighted by atomic mass is 33.1. The molecule has 21 N–H and O–H groups in total. The fourth-order valence-corrected chi connectivity index (χ4v) is 12.7. The lowest BCUT2D eigenvalue weighted by molar-refractivity contribution is -0.141. The second-order valence-corrected chi connectivity index (χ2v) is 27.8. The number of hydrogen-bond acceptors (Lipinski definition) is 22. The predicted molar refractivity (Wildman–Crippen MR) is 365 cm³/mol. The van der Waals surface area contributed by atoms with Gasteiger partial charge < -0.3 is 96.5 Å². The van der Waals surface area contributed by atoms with Crippen molar-refractivity contribution in [2.75, 3.05) is 62.3 Å². The Morgan fingerprint density at radius 1 is 0.594 bits per heavy atom. The van der Waals surface area contributed by atoms with E-state index in [2.05, 4.69) is 79.1 Å². The molecule has 0 saturated carbocycles. The van der Waals surface area contributed by atoms with Crippen LogP contribution in [0.3, 0.4) is 0 Å². The summed E-state index contributed by atoms with van der Waals surface area (Å²) in [6, 6.07) is -2.06. The van der Waals surface area contributed by atoms with Crippen molar-refractivity contribution >= 4 is 122 Å². The van der Waals surface area contributed by atoms with Crippen LogP contribution in [-0.2, 0) is 64.0 Å². The van der Waals surface area contributed by atoms with Crippen molar-refractivity contribution in [2.45, 2.75) is 178 Å². The van der Waals surface area contributed by atoms with Crippen molar-refractivity contribution in [1.82, 2.24) is 63.8 Å². The molecule has 0 spiro atoms. The number of carboxylic acid groups (broad SMARTS) is 1. The molecule has 36 heteroatoms. The fourth-order valence-electron chi connectivity index (χ4n) is 9.50. The van der Waals surface area contributed by atoms with Crippen LogP contribution in [0.5, 0.6) is 0 Å². The number of benzene rings is 1. The molecule has 2 aliphatic rings. The topological polar surface area (TPSA) is 525 Å². The zero-order valence-electron chi connectivity index (χ0n) is 55.3. The van der Waals surface area contributed by atoms with E-state index < -0.39 is 125 Å². The quantitative estimate of drug-likeness (QED) is 0.00927. The maximum Gasteiger partial charge on any atom is 0.305 e. The molecule has 1 aromatic carbocycles. The van der Waals surface area contributed by atoms with Crippen LogP contribution in [0.4, 0.5) is 0 Å². The fraction of sp³-hybridized carbons (Fsp3) is 0.650. The van der Waals surface area contributed by atoms with Gasteiger partial charge in [0.25, 0.3) is 0 Å². The maximum absolute atomic E-state index is 14.5. The molecule has 7 atom stereocenters. The first-order chi connectivity index (χ1) is 45.4. The van der Waals surface area contributed by atoms with Gasteiger partial charge in [0, 0.05) is 56.2 Å². The van der Waals surface area contributed by atoms with Gasteiger partial charge >= 0.3 is 5.97 Å². The van der Waals surface area contributed by atoms with Crippen LogP contribution in [0.1, 0.15) is 124 Å². The second-order valence-electron chi connectivity index (χ2n) is 24.2. The number of nitrogens with two attached hydrogens (primary N) is 3. The molecule has 536 valence electrons. The number of guanidine groups is 1. The number of oxime groups is 2. The molecule has 11 amide bonds. The van der Waals surface area contributed by atoms with Gasteiger partial charge in [-0.3, -0.25) is 62.5 Å². The Hall–Kier alpha value is -7.96. The molecule has 0 radical (unpaired) electrons. The molecule has 2 heterocycles. The van der Waals surface area contributed by atoms with E-state index >= 15 is 0 Å². The van der Waals surface area contributed by atoms with Crippen LogP contribution < -0.4 is 81.0 Å². The maximum atomic E-state index is 14.5. The zero-order chi connectivity index (χ0) is 71.4. The van der Waals surface area contributed by atoms with Crippen LogP contribution in [-0.4, -0.2) is 220 Å². The number of aliphatic carboxylic acids is 1. The molecular weight excluding hydrogens is 1310 g/mol. The number of carbonyl (C=O) groups excluding carboxylic acids is 11. The number of nitrogens with zero attached hydrogens (tertiary/aromatic N) is 3. The number of rotatable bonds is 31. The molecule has 96 heavy (non-hydrogen) atoms. The van der Waals surface area contributed by atoms with E-state index in [-0.39, 0.29) is 111 Å². The smallest absolute Gasteiger partial charge is 0.305 e. The van der Waals surface area contributed by atoms with Crippen molar-refractivity contribution in [2.24, 2.45) is 38.4 Å². The van der Waals surface area contributed by atoms with Gasteiger partial charge in [-0.1, -0.05) is 62.2 Å². The number of fused-ring (bicyclic) bond motifs is 5. The summed E-state index contributed by atoms with van der Waals surface area (Å²) in [5.74, 6) is -11.8. The molecule has 2 aliphatic heterocycles. The number of carbonyl (C=O) groups is 12. The van der Waals surface area contributed by atoms with Crippen LogP contribution in [0.25, 0.3) is 0 Å². The Balaban J connectivity index is 1.85. The van der Waals surface area contributed by atoms with Crippen LogP contribution >= 0.6 is 33.3 Å².